The van der Waals surface area contributed by atoms with Crippen LogP contribution in [0, 0.1) is 5.82 Å². The van der Waals surface area contributed by atoms with Gasteiger partial charge in [0.05, 0.1) is 29.8 Å². The Morgan fingerprint density at radius 2 is 1.91 bits per heavy atom. The van der Waals surface area contributed by atoms with Gasteiger partial charge in [-0.05, 0) is 73.5 Å². The van der Waals surface area contributed by atoms with Crippen LogP contribution in [-0.4, -0.2) is 34.7 Å². The van der Waals surface area contributed by atoms with Gasteiger partial charge in [-0.15, -0.1) is 0 Å². The van der Waals surface area contributed by atoms with Crippen LogP contribution in [0.5, 0.6) is 11.5 Å². The molecule has 3 aromatic carbocycles. The zero-order valence-electron chi connectivity index (χ0n) is 24.6. The molecule has 0 spiro atoms. The molecule has 4 N–H and O–H groups in total. The van der Waals surface area contributed by atoms with E-state index in [1.165, 1.54) is 18.5 Å². The van der Waals surface area contributed by atoms with Crippen molar-refractivity contribution in [1.82, 2.24) is 20.8 Å². The molecular formula is C33H33ClFN5O5. The second-order valence-electron chi connectivity index (χ2n) is 10.3. The van der Waals surface area contributed by atoms with Gasteiger partial charge in [-0.25, -0.2) is 19.8 Å². The summed E-state index contributed by atoms with van der Waals surface area (Å²) in [5.41, 5.74) is 4.46. The SMILES string of the molecule is COc1cc2ncnc(Nc3ccc(OCc4cccc(F)c4)c(Cl)c3)c2cc1-c1ccc(CNCCCCCC(=O)NO)o1. The summed E-state index contributed by atoms with van der Waals surface area (Å²) in [6.45, 7) is 1.50. The van der Waals surface area contributed by atoms with Crippen molar-refractivity contribution in [1.29, 1.82) is 0 Å². The van der Waals surface area contributed by atoms with Crippen LogP contribution in [0.3, 0.4) is 0 Å². The van der Waals surface area contributed by atoms with Crippen molar-refractivity contribution in [2.24, 2.45) is 0 Å². The number of furan rings is 1. The third kappa shape index (κ3) is 8.48. The molecule has 5 rings (SSSR count). The van der Waals surface area contributed by atoms with E-state index < -0.39 is 0 Å². The van der Waals surface area contributed by atoms with Gasteiger partial charge < -0.3 is 24.5 Å². The Morgan fingerprint density at radius 1 is 1.02 bits per heavy atom. The summed E-state index contributed by atoms with van der Waals surface area (Å²) >= 11 is 6.51. The van der Waals surface area contributed by atoms with E-state index >= 15 is 0 Å². The standard InChI is InChI=1S/C33H33ClFN5O5/c1-43-31-17-28-25(16-26(31)29-12-10-24(45-29)18-36-13-4-2-3-8-32(41)40-42)33(38-20-37-28)39-23-9-11-30(27(34)15-23)44-19-21-6-5-7-22(35)14-21/h5-7,9-12,14-17,20,36,42H,2-4,8,13,18-19H2,1H3,(H,40,41)(H,37,38,39). The maximum atomic E-state index is 13.5. The van der Waals surface area contributed by atoms with Crippen LogP contribution >= 0.6 is 11.6 Å². The largest absolute Gasteiger partial charge is 0.496 e. The molecule has 234 valence electrons. The second kappa shape index (κ2) is 15.3. The highest BCUT2D eigenvalue weighted by Gasteiger charge is 2.16. The van der Waals surface area contributed by atoms with Crippen LogP contribution < -0.4 is 25.6 Å². The number of methoxy groups -OCH3 is 1. The van der Waals surface area contributed by atoms with Gasteiger partial charge in [-0.3, -0.25) is 10.0 Å². The van der Waals surface area contributed by atoms with Gasteiger partial charge >= 0.3 is 0 Å². The molecule has 0 bridgehead atoms. The number of hydrogen-bond acceptors (Lipinski definition) is 9. The van der Waals surface area contributed by atoms with Crippen LogP contribution in [0.4, 0.5) is 15.9 Å². The molecule has 0 atom stereocenters. The first kappa shape index (κ1) is 31.7. The average Bonchev–Trinajstić information content (AvgIpc) is 3.52. The molecule has 0 aliphatic carbocycles. The smallest absolute Gasteiger partial charge is 0.243 e. The molecule has 0 saturated heterocycles. The van der Waals surface area contributed by atoms with Gasteiger partial charge in [0, 0.05) is 23.6 Å². The number of aromatic nitrogens is 2. The Labute approximate surface area is 264 Å². The Bertz CT molecular complexity index is 1770. The predicted molar refractivity (Wildman–Crippen MR) is 169 cm³/mol. The topological polar surface area (TPSA) is 131 Å². The first-order chi connectivity index (χ1) is 21.9. The van der Waals surface area contributed by atoms with Crippen molar-refractivity contribution in [3.63, 3.8) is 0 Å². The van der Waals surface area contributed by atoms with Crippen molar-refractivity contribution in [3.05, 3.63) is 95.2 Å². The first-order valence-electron chi connectivity index (χ1n) is 14.4. The minimum atomic E-state index is -0.367. The first-order valence-corrected chi connectivity index (χ1v) is 14.8. The fourth-order valence-corrected chi connectivity index (χ4v) is 5.00. The predicted octanol–water partition coefficient (Wildman–Crippen LogP) is 7.17. The minimum absolute atomic E-state index is 0.184. The lowest BCUT2D eigenvalue weighted by Crippen LogP contribution is -2.18. The molecule has 0 radical (unpaired) electrons. The van der Waals surface area contributed by atoms with Crippen LogP contribution in [0.25, 0.3) is 22.2 Å². The number of carbonyl (C=O) groups excluding carboxylic acids is 1. The average molecular weight is 634 g/mol. The van der Waals surface area contributed by atoms with Crippen molar-refractivity contribution >= 4 is 39.9 Å². The maximum Gasteiger partial charge on any atom is 0.243 e. The number of carbonyl (C=O) groups is 1. The quantitative estimate of drug-likeness (QED) is 0.0538. The van der Waals surface area contributed by atoms with E-state index in [2.05, 4.69) is 20.6 Å². The Hall–Kier alpha value is -4.71. The third-order valence-corrected chi connectivity index (χ3v) is 7.34. The molecule has 5 aromatic rings. The second-order valence-corrected chi connectivity index (χ2v) is 10.7. The lowest BCUT2D eigenvalue weighted by Gasteiger charge is -2.13. The molecule has 0 aliphatic rings. The number of amides is 1. The third-order valence-electron chi connectivity index (χ3n) is 7.04. The fraction of sp³-hybridized carbons (Fsp3) is 0.242. The van der Waals surface area contributed by atoms with Gasteiger partial charge in [-0.1, -0.05) is 30.2 Å². The number of nitrogens with zero attached hydrogens (tertiary/aromatic N) is 2. The Balaban J connectivity index is 1.26. The number of unbranched alkanes of at least 4 members (excludes halogenated alkanes) is 2. The van der Waals surface area contributed by atoms with Crippen molar-refractivity contribution < 1.29 is 28.3 Å². The lowest BCUT2D eigenvalue weighted by atomic mass is 10.1. The summed E-state index contributed by atoms with van der Waals surface area (Å²) in [5.74, 6) is 2.36. The highest BCUT2D eigenvalue weighted by Crippen LogP contribution is 2.37. The van der Waals surface area contributed by atoms with E-state index in [0.29, 0.717) is 64.3 Å². The van der Waals surface area contributed by atoms with Gasteiger partial charge in [0.25, 0.3) is 0 Å². The van der Waals surface area contributed by atoms with E-state index in [9.17, 15) is 9.18 Å². The molecule has 0 fully saturated rings. The van der Waals surface area contributed by atoms with Gasteiger partial charge in [0.1, 0.15) is 47.6 Å². The number of fused-ring (bicyclic) bond motifs is 1. The maximum absolute atomic E-state index is 13.5. The van der Waals surface area contributed by atoms with Gasteiger partial charge in [0.15, 0.2) is 0 Å². The van der Waals surface area contributed by atoms with E-state index in [0.717, 1.165) is 36.1 Å². The summed E-state index contributed by atoms with van der Waals surface area (Å²) in [7, 11) is 1.60. The normalized spacial score (nSPS) is 11.0. The van der Waals surface area contributed by atoms with Crippen molar-refractivity contribution in [3.8, 4) is 22.8 Å². The summed E-state index contributed by atoms with van der Waals surface area (Å²) in [5, 5.41) is 16.4. The molecule has 2 aromatic heterocycles. The summed E-state index contributed by atoms with van der Waals surface area (Å²) in [6, 6.07) is 19.1. The van der Waals surface area contributed by atoms with Crippen molar-refractivity contribution in [2.75, 3.05) is 19.0 Å². The van der Waals surface area contributed by atoms with Crippen LogP contribution in [-0.2, 0) is 17.9 Å². The number of ether oxygens (including phenoxy) is 2. The van der Waals surface area contributed by atoms with Crippen LogP contribution in [0.1, 0.15) is 37.0 Å². The molecule has 0 aliphatic heterocycles. The number of rotatable bonds is 15. The number of hydroxylamine groups is 1. The number of benzene rings is 3. The molecular weight excluding hydrogens is 601 g/mol. The fourth-order valence-electron chi connectivity index (χ4n) is 4.76. The molecule has 0 saturated carbocycles. The Morgan fingerprint density at radius 3 is 2.71 bits per heavy atom. The summed E-state index contributed by atoms with van der Waals surface area (Å²) in [6.07, 6.45) is 4.27. The summed E-state index contributed by atoms with van der Waals surface area (Å²) < 4.78 is 31.1. The zero-order valence-corrected chi connectivity index (χ0v) is 25.4. The summed E-state index contributed by atoms with van der Waals surface area (Å²) in [4.78, 5) is 20.0. The van der Waals surface area contributed by atoms with E-state index in [1.807, 2.05) is 30.3 Å². The number of anilines is 2. The zero-order chi connectivity index (χ0) is 31.6. The molecule has 1 amide bonds. The molecule has 10 nitrogen and oxygen atoms in total. The van der Waals surface area contributed by atoms with E-state index in [4.69, 9.17) is 30.7 Å². The molecule has 2 heterocycles. The van der Waals surface area contributed by atoms with E-state index in [1.54, 1.807) is 36.9 Å². The lowest BCUT2D eigenvalue weighted by molar-refractivity contribution is -0.129. The van der Waals surface area contributed by atoms with E-state index in [-0.39, 0.29) is 18.3 Å². The molecule has 12 heteroatoms. The highest BCUT2D eigenvalue weighted by atomic mass is 35.5. The Kier molecular flexibility index (Phi) is 10.8. The van der Waals surface area contributed by atoms with Gasteiger partial charge in [0.2, 0.25) is 5.91 Å². The highest BCUT2D eigenvalue weighted by molar-refractivity contribution is 6.32. The number of nitrogens with one attached hydrogen (secondary N) is 3. The van der Waals surface area contributed by atoms with Gasteiger partial charge in [-0.2, -0.15) is 0 Å². The number of hydrogen-bond donors (Lipinski definition) is 4. The number of halogens is 2. The van der Waals surface area contributed by atoms with Crippen molar-refractivity contribution in [2.45, 2.75) is 38.8 Å². The molecule has 45 heavy (non-hydrogen) atoms. The van der Waals surface area contributed by atoms with Crippen LogP contribution in [0.15, 0.2) is 77.5 Å². The minimum Gasteiger partial charge on any atom is -0.496 e. The molecule has 0 unspecified atom stereocenters. The monoisotopic (exact) mass is 633 g/mol. The van der Waals surface area contributed by atoms with Crippen LogP contribution in [0.2, 0.25) is 5.02 Å².